The van der Waals surface area contributed by atoms with Crippen molar-refractivity contribution >= 4 is 11.9 Å². The van der Waals surface area contributed by atoms with E-state index in [0.29, 0.717) is 38.6 Å². The van der Waals surface area contributed by atoms with E-state index in [1.165, 1.54) is 0 Å². The van der Waals surface area contributed by atoms with Crippen LogP contribution < -0.4 is 5.73 Å². The van der Waals surface area contributed by atoms with Crippen molar-refractivity contribution in [1.29, 1.82) is 0 Å². The van der Waals surface area contributed by atoms with Gasteiger partial charge in [0.15, 0.2) is 0 Å². The van der Waals surface area contributed by atoms with Gasteiger partial charge < -0.3 is 15.7 Å². The van der Waals surface area contributed by atoms with E-state index in [2.05, 4.69) is 0 Å². The number of nitrogens with two attached hydrogens (primary N) is 1. The second kappa shape index (κ2) is 6.34. The quantitative estimate of drug-likeness (QED) is 0.724. The fourth-order valence-electron chi connectivity index (χ4n) is 3.20. The first-order valence-corrected chi connectivity index (χ1v) is 7.05. The number of amides is 1. The van der Waals surface area contributed by atoms with Crippen molar-refractivity contribution in [1.82, 2.24) is 9.80 Å². The van der Waals surface area contributed by atoms with Crippen LogP contribution in [0.3, 0.4) is 0 Å². The van der Waals surface area contributed by atoms with Crippen molar-refractivity contribution in [3.63, 3.8) is 0 Å². The minimum absolute atomic E-state index is 0.0664. The van der Waals surface area contributed by atoms with Gasteiger partial charge in [0.25, 0.3) is 0 Å². The monoisotopic (exact) mass is 269 g/mol. The lowest BCUT2D eigenvalue weighted by molar-refractivity contribution is -0.140. The van der Waals surface area contributed by atoms with Crippen LogP contribution in [0.15, 0.2) is 0 Å². The SMILES string of the molecule is NCC1CCCC1C(=O)N1CCN(CC(=O)O)CC1. The van der Waals surface area contributed by atoms with Gasteiger partial charge in [-0.25, -0.2) is 0 Å². The minimum Gasteiger partial charge on any atom is -0.480 e. The number of carboxylic acid groups (broad SMARTS) is 1. The Morgan fingerprint density at radius 3 is 2.42 bits per heavy atom. The van der Waals surface area contributed by atoms with Gasteiger partial charge in [0.1, 0.15) is 0 Å². The Morgan fingerprint density at radius 2 is 1.84 bits per heavy atom. The zero-order chi connectivity index (χ0) is 13.8. The van der Waals surface area contributed by atoms with E-state index in [1.54, 1.807) is 0 Å². The number of hydrogen-bond acceptors (Lipinski definition) is 4. The molecule has 108 valence electrons. The summed E-state index contributed by atoms with van der Waals surface area (Å²) in [5.74, 6) is -0.151. The molecule has 1 saturated carbocycles. The lowest BCUT2D eigenvalue weighted by atomic mass is 9.94. The lowest BCUT2D eigenvalue weighted by Crippen LogP contribution is -2.51. The second-order valence-corrected chi connectivity index (χ2v) is 5.53. The lowest BCUT2D eigenvalue weighted by Gasteiger charge is -2.36. The standard InChI is InChI=1S/C13H23N3O3/c14-8-10-2-1-3-11(10)13(19)16-6-4-15(5-7-16)9-12(17)18/h10-11H,1-9,14H2,(H,17,18). The van der Waals surface area contributed by atoms with Crippen LogP contribution in [0.2, 0.25) is 0 Å². The molecule has 0 aromatic rings. The van der Waals surface area contributed by atoms with Crippen LogP contribution in [-0.4, -0.2) is 66.1 Å². The van der Waals surface area contributed by atoms with Crippen LogP contribution in [-0.2, 0) is 9.59 Å². The van der Waals surface area contributed by atoms with Crippen molar-refractivity contribution < 1.29 is 14.7 Å². The molecule has 6 nitrogen and oxygen atoms in total. The maximum atomic E-state index is 12.4. The highest BCUT2D eigenvalue weighted by atomic mass is 16.4. The van der Waals surface area contributed by atoms with E-state index in [-0.39, 0.29) is 18.4 Å². The molecule has 2 aliphatic rings. The summed E-state index contributed by atoms with van der Waals surface area (Å²) in [6.45, 7) is 3.24. The smallest absolute Gasteiger partial charge is 0.317 e. The van der Waals surface area contributed by atoms with E-state index in [9.17, 15) is 9.59 Å². The molecule has 1 heterocycles. The van der Waals surface area contributed by atoms with Gasteiger partial charge in [-0.2, -0.15) is 0 Å². The summed E-state index contributed by atoms with van der Waals surface area (Å²) in [6, 6.07) is 0. The number of carbonyl (C=O) groups is 2. The number of hydrogen-bond donors (Lipinski definition) is 2. The molecule has 19 heavy (non-hydrogen) atoms. The zero-order valence-electron chi connectivity index (χ0n) is 11.3. The van der Waals surface area contributed by atoms with Crippen molar-refractivity contribution in [2.75, 3.05) is 39.3 Å². The van der Waals surface area contributed by atoms with Crippen LogP contribution in [0.25, 0.3) is 0 Å². The molecule has 2 atom stereocenters. The molecule has 3 N–H and O–H groups in total. The topological polar surface area (TPSA) is 86.9 Å². The normalized spacial score (nSPS) is 28.6. The highest BCUT2D eigenvalue weighted by Gasteiger charge is 2.35. The van der Waals surface area contributed by atoms with E-state index >= 15 is 0 Å². The van der Waals surface area contributed by atoms with Gasteiger partial charge >= 0.3 is 5.97 Å². The Bertz CT molecular complexity index is 340. The van der Waals surface area contributed by atoms with Gasteiger partial charge in [-0.05, 0) is 25.3 Å². The fourth-order valence-corrected chi connectivity index (χ4v) is 3.20. The third kappa shape index (κ3) is 3.45. The summed E-state index contributed by atoms with van der Waals surface area (Å²) >= 11 is 0. The molecule has 0 aromatic heterocycles. The van der Waals surface area contributed by atoms with Gasteiger partial charge in [0.2, 0.25) is 5.91 Å². The summed E-state index contributed by atoms with van der Waals surface area (Å²) in [7, 11) is 0. The van der Waals surface area contributed by atoms with E-state index in [4.69, 9.17) is 10.8 Å². The predicted octanol–water partition coefficient (Wildman–Crippen LogP) is -0.410. The Morgan fingerprint density at radius 1 is 1.16 bits per heavy atom. The van der Waals surface area contributed by atoms with Gasteiger partial charge in [0.05, 0.1) is 6.54 Å². The molecule has 1 aliphatic heterocycles. The van der Waals surface area contributed by atoms with E-state index in [0.717, 1.165) is 19.3 Å². The first kappa shape index (κ1) is 14.3. The average molecular weight is 269 g/mol. The Balaban J connectivity index is 1.83. The molecule has 2 fully saturated rings. The number of piperazine rings is 1. The van der Waals surface area contributed by atoms with Gasteiger partial charge in [0, 0.05) is 32.1 Å². The molecule has 6 heteroatoms. The van der Waals surface area contributed by atoms with E-state index < -0.39 is 5.97 Å². The Kier molecular flexibility index (Phi) is 4.76. The van der Waals surface area contributed by atoms with Crippen molar-refractivity contribution in [3.05, 3.63) is 0 Å². The van der Waals surface area contributed by atoms with Crippen LogP contribution in [0, 0.1) is 11.8 Å². The summed E-state index contributed by atoms with van der Waals surface area (Å²) in [6.07, 6.45) is 3.11. The molecule has 0 bridgehead atoms. The molecule has 1 saturated heterocycles. The number of rotatable bonds is 4. The van der Waals surface area contributed by atoms with Crippen LogP contribution in [0.5, 0.6) is 0 Å². The van der Waals surface area contributed by atoms with Crippen molar-refractivity contribution in [3.8, 4) is 0 Å². The zero-order valence-corrected chi connectivity index (χ0v) is 11.3. The summed E-state index contributed by atoms with van der Waals surface area (Å²) in [4.78, 5) is 26.8. The van der Waals surface area contributed by atoms with Crippen LogP contribution >= 0.6 is 0 Å². The average Bonchev–Trinajstić information content (AvgIpc) is 2.86. The maximum absolute atomic E-state index is 12.4. The minimum atomic E-state index is -0.807. The molecule has 0 spiro atoms. The summed E-state index contributed by atoms with van der Waals surface area (Å²) in [5, 5.41) is 8.74. The second-order valence-electron chi connectivity index (χ2n) is 5.53. The van der Waals surface area contributed by atoms with E-state index in [1.807, 2.05) is 9.80 Å². The van der Waals surface area contributed by atoms with Crippen LogP contribution in [0.1, 0.15) is 19.3 Å². The number of carboxylic acids is 1. The molecule has 0 radical (unpaired) electrons. The molecule has 1 aliphatic carbocycles. The molecular formula is C13H23N3O3. The number of aliphatic carboxylic acids is 1. The largest absolute Gasteiger partial charge is 0.480 e. The third-order valence-electron chi connectivity index (χ3n) is 4.32. The number of nitrogens with zero attached hydrogens (tertiary/aromatic N) is 2. The highest BCUT2D eigenvalue weighted by Crippen LogP contribution is 2.32. The van der Waals surface area contributed by atoms with Crippen LogP contribution in [0.4, 0.5) is 0 Å². The van der Waals surface area contributed by atoms with Gasteiger partial charge in [-0.15, -0.1) is 0 Å². The summed E-state index contributed by atoms with van der Waals surface area (Å²) < 4.78 is 0. The van der Waals surface area contributed by atoms with Gasteiger partial charge in [-0.3, -0.25) is 14.5 Å². The van der Waals surface area contributed by atoms with Gasteiger partial charge in [-0.1, -0.05) is 6.42 Å². The first-order valence-electron chi connectivity index (χ1n) is 7.05. The molecule has 2 unspecified atom stereocenters. The molecule has 1 amide bonds. The molecule has 2 rings (SSSR count). The maximum Gasteiger partial charge on any atom is 0.317 e. The Hall–Kier alpha value is -1.14. The molecule has 0 aromatic carbocycles. The fraction of sp³-hybridized carbons (Fsp3) is 0.846. The number of carbonyl (C=O) groups excluding carboxylic acids is 1. The Labute approximate surface area is 113 Å². The highest BCUT2D eigenvalue weighted by molar-refractivity contribution is 5.79. The molecular weight excluding hydrogens is 246 g/mol. The third-order valence-corrected chi connectivity index (χ3v) is 4.32. The predicted molar refractivity (Wildman–Crippen MR) is 70.5 cm³/mol. The summed E-state index contributed by atoms with van der Waals surface area (Å²) in [5.41, 5.74) is 5.72. The van der Waals surface area contributed by atoms with Crippen molar-refractivity contribution in [2.45, 2.75) is 19.3 Å². The first-order chi connectivity index (χ1) is 9.11. The van der Waals surface area contributed by atoms with Crippen molar-refractivity contribution in [2.24, 2.45) is 17.6 Å².